The van der Waals surface area contributed by atoms with E-state index in [1.807, 2.05) is 41.2 Å². The highest BCUT2D eigenvalue weighted by atomic mass is 19.1. The number of benzene rings is 4. The highest BCUT2D eigenvalue weighted by Crippen LogP contribution is 2.35. The van der Waals surface area contributed by atoms with Crippen LogP contribution in [0.3, 0.4) is 0 Å². The highest BCUT2D eigenvalue weighted by molar-refractivity contribution is 5.68. The smallest absolute Gasteiger partial charge is 0.132 e. The quantitative estimate of drug-likeness (QED) is 0.259. The van der Waals surface area contributed by atoms with Gasteiger partial charge in [-0.2, -0.15) is 5.10 Å². The molecule has 0 aliphatic carbocycles. The number of rotatable bonds is 5. The van der Waals surface area contributed by atoms with E-state index >= 15 is 4.39 Å². The summed E-state index contributed by atoms with van der Waals surface area (Å²) in [6.45, 7) is 4.85. The van der Waals surface area contributed by atoms with Crippen molar-refractivity contribution < 1.29 is 4.39 Å². The molecule has 1 unspecified atom stereocenters. The van der Waals surface area contributed by atoms with Crippen LogP contribution in [0.2, 0.25) is 0 Å². The van der Waals surface area contributed by atoms with Crippen molar-refractivity contribution in [3.63, 3.8) is 0 Å². The molecule has 1 fully saturated rings. The lowest BCUT2D eigenvalue weighted by Gasteiger charge is -2.45. The summed E-state index contributed by atoms with van der Waals surface area (Å²) in [5.74, 6) is -0.229. The Kier molecular flexibility index (Phi) is 6.31. The standard InChI is InChI=1S/C34H31FN4/c35-32-13-7-6-12-31(32)34-28(22-36-39(34)29-16-14-26(15-17-29)25-8-2-1-3-9-25)23-37-20-21-38-19-18-27-10-4-5-11-30(27)33(38)24-37/h1-17,22,33H,18-21,23-24H2. The first-order valence-electron chi connectivity index (χ1n) is 13.8. The second-order valence-electron chi connectivity index (χ2n) is 10.6. The monoisotopic (exact) mass is 514 g/mol. The van der Waals surface area contributed by atoms with E-state index in [1.54, 1.807) is 6.07 Å². The molecule has 0 saturated carbocycles. The van der Waals surface area contributed by atoms with E-state index in [9.17, 15) is 0 Å². The van der Waals surface area contributed by atoms with E-state index in [1.165, 1.54) is 22.8 Å². The number of halogens is 1. The second kappa shape index (κ2) is 10.3. The fourth-order valence-electron chi connectivity index (χ4n) is 6.24. The molecule has 2 aliphatic heterocycles. The van der Waals surface area contributed by atoms with Gasteiger partial charge in [0, 0.05) is 49.9 Å². The van der Waals surface area contributed by atoms with Gasteiger partial charge in [0.05, 0.1) is 17.6 Å². The molecular weight excluding hydrogens is 483 g/mol. The third kappa shape index (κ3) is 4.58. The maximum Gasteiger partial charge on any atom is 0.132 e. The molecule has 0 bridgehead atoms. The molecule has 5 heteroatoms. The molecule has 3 heterocycles. The lowest BCUT2D eigenvalue weighted by molar-refractivity contribution is 0.0631. The van der Waals surface area contributed by atoms with Crippen LogP contribution in [-0.2, 0) is 13.0 Å². The summed E-state index contributed by atoms with van der Waals surface area (Å²) in [6, 6.07) is 35.0. The summed E-state index contributed by atoms with van der Waals surface area (Å²) in [5, 5.41) is 4.80. The van der Waals surface area contributed by atoms with Crippen molar-refractivity contribution >= 4 is 0 Å². The predicted molar refractivity (Wildman–Crippen MR) is 154 cm³/mol. The number of piperazine rings is 1. The zero-order valence-corrected chi connectivity index (χ0v) is 21.9. The first kappa shape index (κ1) is 24.0. The van der Waals surface area contributed by atoms with Crippen molar-refractivity contribution in [3.8, 4) is 28.1 Å². The molecule has 5 aromatic rings. The number of aromatic nitrogens is 2. The van der Waals surface area contributed by atoms with Gasteiger partial charge in [0.15, 0.2) is 0 Å². The van der Waals surface area contributed by atoms with Crippen LogP contribution in [0.4, 0.5) is 4.39 Å². The predicted octanol–water partition coefficient (Wildman–Crippen LogP) is 6.76. The largest absolute Gasteiger partial charge is 0.296 e. The van der Waals surface area contributed by atoms with Crippen LogP contribution in [-0.4, -0.2) is 45.8 Å². The summed E-state index contributed by atoms with van der Waals surface area (Å²) in [7, 11) is 0. The molecule has 1 atom stereocenters. The first-order valence-corrected chi connectivity index (χ1v) is 13.8. The normalized spacial score (nSPS) is 17.5. The molecule has 39 heavy (non-hydrogen) atoms. The van der Waals surface area contributed by atoms with Crippen molar-refractivity contribution in [1.82, 2.24) is 19.6 Å². The Labute approximate surface area is 228 Å². The Morgan fingerprint density at radius 1 is 0.744 bits per heavy atom. The van der Waals surface area contributed by atoms with Gasteiger partial charge in [0.2, 0.25) is 0 Å². The molecular formula is C34H31FN4. The summed E-state index contributed by atoms with van der Waals surface area (Å²) in [6.07, 6.45) is 3.05. The van der Waals surface area contributed by atoms with E-state index in [0.29, 0.717) is 11.6 Å². The van der Waals surface area contributed by atoms with Gasteiger partial charge >= 0.3 is 0 Å². The van der Waals surface area contributed by atoms with Crippen molar-refractivity contribution in [2.45, 2.75) is 19.0 Å². The zero-order valence-electron chi connectivity index (χ0n) is 21.9. The van der Waals surface area contributed by atoms with Gasteiger partial charge in [-0.1, -0.05) is 78.9 Å². The summed E-state index contributed by atoms with van der Waals surface area (Å²) < 4.78 is 17.1. The van der Waals surface area contributed by atoms with Crippen molar-refractivity contribution in [2.75, 3.05) is 26.2 Å². The average molecular weight is 515 g/mol. The van der Waals surface area contributed by atoms with Gasteiger partial charge in [0.25, 0.3) is 0 Å². The first-order chi connectivity index (χ1) is 19.2. The maximum atomic E-state index is 15.2. The van der Waals surface area contributed by atoms with E-state index in [-0.39, 0.29) is 5.82 Å². The number of nitrogens with zero attached hydrogens (tertiary/aromatic N) is 4. The van der Waals surface area contributed by atoms with E-state index in [0.717, 1.165) is 61.7 Å². The topological polar surface area (TPSA) is 24.3 Å². The van der Waals surface area contributed by atoms with Gasteiger partial charge in [0.1, 0.15) is 5.82 Å². The Morgan fingerprint density at radius 2 is 1.49 bits per heavy atom. The van der Waals surface area contributed by atoms with E-state index in [2.05, 4.69) is 70.5 Å². The molecule has 4 nitrogen and oxygen atoms in total. The summed E-state index contributed by atoms with van der Waals surface area (Å²) >= 11 is 0. The van der Waals surface area contributed by atoms with Gasteiger partial charge in [-0.15, -0.1) is 0 Å². The third-order valence-electron chi connectivity index (χ3n) is 8.24. The third-order valence-corrected chi connectivity index (χ3v) is 8.24. The molecule has 7 rings (SSSR count). The van der Waals surface area contributed by atoms with Gasteiger partial charge < -0.3 is 0 Å². The van der Waals surface area contributed by atoms with Gasteiger partial charge in [-0.05, 0) is 52.9 Å². The molecule has 4 aromatic carbocycles. The maximum absolute atomic E-state index is 15.2. The fraction of sp³-hybridized carbons (Fsp3) is 0.206. The zero-order chi connectivity index (χ0) is 26.2. The molecule has 1 saturated heterocycles. The molecule has 0 radical (unpaired) electrons. The Bertz CT molecular complexity index is 1590. The number of fused-ring (bicyclic) bond motifs is 3. The Hall–Kier alpha value is -4.06. The minimum Gasteiger partial charge on any atom is -0.296 e. The summed E-state index contributed by atoms with van der Waals surface area (Å²) in [4.78, 5) is 5.13. The second-order valence-corrected chi connectivity index (χ2v) is 10.6. The van der Waals surface area contributed by atoms with Gasteiger partial charge in [-0.25, -0.2) is 9.07 Å². The van der Waals surface area contributed by atoms with E-state index in [4.69, 9.17) is 5.10 Å². The summed E-state index contributed by atoms with van der Waals surface area (Å²) in [5.41, 5.74) is 8.62. The van der Waals surface area contributed by atoms with Crippen LogP contribution in [0.25, 0.3) is 28.1 Å². The molecule has 1 aromatic heterocycles. The van der Waals surface area contributed by atoms with E-state index < -0.39 is 0 Å². The average Bonchev–Trinajstić information content (AvgIpc) is 3.41. The SMILES string of the molecule is Fc1ccccc1-c1c(CN2CCN3CCc4ccccc4C3C2)cnn1-c1ccc(-c2ccccc2)cc1. The van der Waals surface area contributed by atoms with Crippen molar-refractivity contribution in [2.24, 2.45) is 0 Å². The Balaban J connectivity index is 1.22. The van der Waals surface area contributed by atoms with Crippen LogP contribution >= 0.6 is 0 Å². The van der Waals surface area contributed by atoms with Crippen LogP contribution < -0.4 is 0 Å². The lowest BCUT2D eigenvalue weighted by Crippen LogP contribution is -2.50. The van der Waals surface area contributed by atoms with Crippen molar-refractivity contribution in [3.05, 3.63) is 132 Å². The van der Waals surface area contributed by atoms with Gasteiger partial charge in [-0.3, -0.25) is 9.80 Å². The molecule has 0 spiro atoms. The highest BCUT2D eigenvalue weighted by Gasteiger charge is 2.33. The van der Waals surface area contributed by atoms with Crippen LogP contribution in [0, 0.1) is 5.82 Å². The number of hydrogen-bond acceptors (Lipinski definition) is 3. The number of hydrogen-bond donors (Lipinski definition) is 0. The van der Waals surface area contributed by atoms with Crippen LogP contribution in [0.15, 0.2) is 109 Å². The molecule has 0 N–H and O–H groups in total. The van der Waals surface area contributed by atoms with Crippen LogP contribution in [0.5, 0.6) is 0 Å². The minimum atomic E-state index is -0.229. The lowest BCUT2D eigenvalue weighted by atomic mass is 9.91. The molecule has 0 amide bonds. The van der Waals surface area contributed by atoms with Crippen LogP contribution in [0.1, 0.15) is 22.7 Å². The fourth-order valence-corrected chi connectivity index (χ4v) is 6.24. The van der Waals surface area contributed by atoms with Crippen molar-refractivity contribution in [1.29, 1.82) is 0 Å². The molecule has 2 aliphatic rings. The molecule has 194 valence electrons. The minimum absolute atomic E-state index is 0.229. The Morgan fingerprint density at radius 3 is 2.33 bits per heavy atom.